The largest absolute Gasteiger partial charge is 0.333 e. The smallest absolute Gasteiger partial charge is 0.255 e. The number of carbonyl (C=O) groups is 1. The van der Waals surface area contributed by atoms with Crippen LogP contribution in [-0.2, 0) is 6.54 Å². The second-order valence-electron chi connectivity index (χ2n) is 6.15. The number of nitrogens with one attached hydrogen (secondary N) is 1. The van der Waals surface area contributed by atoms with E-state index in [1.165, 1.54) is 5.56 Å². The zero-order valence-corrected chi connectivity index (χ0v) is 14.2. The minimum atomic E-state index is -0.0904. The Morgan fingerprint density at radius 1 is 1.08 bits per heavy atom. The molecule has 0 radical (unpaired) electrons. The predicted molar refractivity (Wildman–Crippen MR) is 96.4 cm³/mol. The number of amides is 1. The molecule has 0 unspecified atom stereocenters. The van der Waals surface area contributed by atoms with Gasteiger partial charge in [-0.3, -0.25) is 4.79 Å². The van der Waals surface area contributed by atoms with Gasteiger partial charge in [0.2, 0.25) is 0 Å². The number of nitrogens with zero attached hydrogens (tertiary/aromatic N) is 2. The van der Waals surface area contributed by atoms with Crippen molar-refractivity contribution >= 4 is 11.6 Å². The fraction of sp³-hybridized carbons (Fsp3) is 0.200. The first-order valence-corrected chi connectivity index (χ1v) is 7.97. The topological polar surface area (TPSA) is 46.9 Å². The Balaban J connectivity index is 1.72. The van der Waals surface area contributed by atoms with Crippen molar-refractivity contribution in [3.63, 3.8) is 0 Å². The van der Waals surface area contributed by atoms with Gasteiger partial charge in [0.15, 0.2) is 0 Å². The van der Waals surface area contributed by atoms with Crippen LogP contribution in [0.1, 0.15) is 32.7 Å². The molecule has 3 aromatic rings. The summed E-state index contributed by atoms with van der Waals surface area (Å²) in [5, 5.41) is 2.96. The quantitative estimate of drug-likeness (QED) is 0.786. The average molecular weight is 319 g/mol. The molecule has 4 heteroatoms. The Kier molecular flexibility index (Phi) is 4.47. The second-order valence-corrected chi connectivity index (χ2v) is 6.15. The number of aryl methyl sites for hydroxylation is 3. The SMILES string of the molecule is Cc1ccc(C(=O)Nc2ccc(Cn3cnc(C)c3)c(C)c2)cc1. The fourth-order valence-electron chi connectivity index (χ4n) is 2.61. The summed E-state index contributed by atoms with van der Waals surface area (Å²) in [7, 11) is 0. The second kappa shape index (κ2) is 6.71. The summed E-state index contributed by atoms with van der Waals surface area (Å²) in [6, 6.07) is 13.6. The number of rotatable bonds is 4. The lowest BCUT2D eigenvalue weighted by Gasteiger charge is -2.11. The van der Waals surface area contributed by atoms with E-state index in [2.05, 4.69) is 27.9 Å². The normalized spacial score (nSPS) is 10.6. The van der Waals surface area contributed by atoms with Crippen molar-refractivity contribution in [1.82, 2.24) is 9.55 Å². The van der Waals surface area contributed by atoms with Crippen LogP contribution in [0.15, 0.2) is 55.0 Å². The Morgan fingerprint density at radius 3 is 2.46 bits per heavy atom. The van der Waals surface area contributed by atoms with Crippen LogP contribution in [0.3, 0.4) is 0 Å². The van der Waals surface area contributed by atoms with Gasteiger partial charge in [0.1, 0.15) is 0 Å². The lowest BCUT2D eigenvalue weighted by atomic mass is 10.1. The van der Waals surface area contributed by atoms with Crippen LogP contribution < -0.4 is 5.32 Å². The van der Waals surface area contributed by atoms with Crippen LogP contribution in [0.5, 0.6) is 0 Å². The highest BCUT2D eigenvalue weighted by Crippen LogP contribution is 2.17. The molecule has 0 aliphatic rings. The molecule has 122 valence electrons. The molecule has 1 heterocycles. The van der Waals surface area contributed by atoms with Gasteiger partial charge >= 0.3 is 0 Å². The molecule has 0 atom stereocenters. The minimum Gasteiger partial charge on any atom is -0.333 e. The lowest BCUT2D eigenvalue weighted by Crippen LogP contribution is -2.12. The number of carbonyl (C=O) groups excluding carboxylic acids is 1. The first-order valence-electron chi connectivity index (χ1n) is 7.97. The van der Waals surface area contributed by atoms with Crippen LogP contribution in [-0.4, -0.2) is 15.5 Å². The van der Waals surface area contributed by atoms with Crippen LogP contribution in [0.4, 0.5) is 5.69 Å². The zero-order valence-electron chi connectivity index (χ0n) is 14.2. The fourth-order valence-corrected chi connectivity index (χ4v) is 2.61. The monoisotopic (exact) mass is 319 g/mol. The molecule has 0 aliphatic carbocycles. The molecule has 0 fully saturated rings. The molecule has 0 bridgehead atoms. The highest BCUT2D eigenvalue weighted by atomic mass is 16.1. The highest BCUT2D eigenvalue weighted by molar-refractivity contribution is 6.04. The van der Waals surface area contributed by atoms with E-state index in [4.69, 9.17) is 0 Å². The highest BCUT2D eigenvalue weighted by Gasteiger charge is 2.07. The van der Waals surface area contributed by atoms with E-state index in [1.807, 2.05) is 62.8 Å². The minimum absolute atomic E-state index is 0.0904. The third-order valence-corrected chi connectivity index (χ3v) is 4.03. The van der Waals surface area contributed by atoms with Crippen LogP contribution >= 0.6 is 0 Å². The van der Waals surface area contributed by atoms with Gasteiger partial charge in [0.05, 0.1) is 12.0 Å². The van der Waals surface area contributed by atoms with Crippen molar-refractivity contribution in [3.8, 4) is 0 Å². The molecular weight excluding hydrogens is 298 g/mol. The van der Waals surface area contributed by atoms with Gasteiger partial charge in [0.25, 0.3) is 5.91 Å². The van der Waals surface area contributed by atoms with Gasteiger partial charge in [-0.25, -0.2) is 4.98 Å². The van der Waals surface area contributed by atoms with Crippen molar-refractivity contribution < 1.29 is 4.79 Å². The molecule has 0 aliphatic heterocycles. The Morgan fingerprint density at radius 2 is 1.83 bits per heavy atom. The molecule has 0 saturated carbocycles. The van der Waals surface area contributed by atoms with Crippen molar-refractivity contribution in [2.24, 2.45) is 0 Å². The maximum atomic E-state index is 12.3. The number of benzene rings is 2. The zero-order chi connectivity index (χ0) is 17.1. The van der Waals surface area contributed by atoms with Gasteiger partial charge in [-0.1, -0.05) is 23.8 Å². The van der Waals surface area contributed by atoms with Crippen LogP contribution in [0.25, 0.3) is 0 Å². The molecule has 1 aromatic heterocycles. The molecule has 4 nitrogen and oxygen atoms in total. The Hall–Kier alpha value is -2.88. The third kappa shape index (κ3) is 3.71. The van der Waals surface area contributed by atoms with E-state index in [9.17, 15) is 4.79 Å². The van der Waals surface area contributed by atoms with E-state index >= 15 is 0 Å². The summed E-state index contributed by atoms with van der Waals surface area (Å²) in [6.45, 7) is 6.82. The summed E-state index contributed by atoms with van der Waals surface area (Å²) >= 11 is 0. The first kappa shape index (κ1) is 16.0. The maximum absolute atomic E-state index is 12.3. The number of anilines is 1. The molecule has 24 heavy (non-hydrogen) atoms. The van der Waals surface area contributed by atoms with Gasteiger partial charge in [-0.05, 0) is 56.2 Å². The predicted octanol–water partition coefficient (Wildman–Crippen LogP) is 4.11. The van der Waals surface area contributed by atoms with Gasteiger partial charge in [-0.15, -0.1) is 0 Å². The molecule has 1 amide bonds. The van der Waals surface area contributed by atoms with E-state index < -0.39 is 0 Å². The van der Waals surface area contributed by atoms with Crippen LogP contribution in [0.2, 0.25) is 0 Å². The van der Waals surface area contributed by atoms with E-state index in [-0.39, 0.29) is 5.91 Å². The van der Waals surface area contributed by atoms with Gasteiger partial charge in [0, 0.05) is 24.0 Å². The molecule has 0 saturated heterocycles. The van der Waals surface area contributed by atoms with Crippen molar-refractivity contribution in [2.75, 3.05) is 5.32 Å². The number of hydrogen-bond donors (Lipinski definition) is 1. The van der Waals surface area contributed by atoms with E-state index in [1.54, 1.807) is 0 Å². The number of aromatic nitrogens is 2. The van der Waals surface area contributed by atoms with Crippen molar-refractivity contribution in [3.05, 3.63) is 82.9 Å². The average Bonchev–Trinajstić information content (AvgIpc) is 2.96. The summed E-state index contributed by atoms with van der Waals surface area (Å²) in [5.41, 5.74) is 5.97. The molecule has 3 rings (SSSR count). The third-order valence-electron chi connectivity index (χ3n) is 4.03. The number of hydrogen-bond acceptors (Lipinski definition) is 2. The standard InChI is InChI=1S/C20H21N3O/c1-14-4-6-17(7-5-14)20(24)22-19-9-8-18(15(2)10-19)12-23-11-16(3)21-13-23/h4-11,13H,12H2,1-3H3,(H,22,24). The summed E-state index contributed by atoms with van der Waals surface area (Å²) in [4.78, 5) is 16.5. The molecule has 0 spiro atoms. The number of imidazole rings is 1. The lowest BCUT2D eigenvalue weighted by molar-refractivity contribution is 0.102. The van der Waals surface area contributed by atoms with Crippen molar-refractivity contribution in [1.29, 1.82) is 0 Å². The van der Waals surface area contributed by atoms with E-state index in [0.717, 1.165) is 29.1 Å². The summed E-state index contributed by atoms with van der Waals surface area (Å²) < 4.78 is 2.06. The Labute approximate surface area is 142 Å². The van der Waals surface area contributed by atoms with E-state index in [0.29, 0.717) is 5.56 Å². The summed E-state index contributed by atoms with van der Waals surface area (Å²) in [6.07, 6.45) is 3.86. The Bertz CT molecular complexity index is 863. The summed E-state index contributed by atoms with van der Waals surface area (Å²) in [5.74, 6) is -0.0904. The molecule has 2 aromatic carbocycles. The van der Waals surface area contributed by atoms with Gasteiger partial charge < -0.3 is 9.88 Å². The maximum Gasteiger partial charge on any atom is 0.255 e. The molecule has 1 N–H and O–H groups in total. The first-order chi connectivity index (χ1) is 11.5. The van der Waals surface area contributed by atoms with Crippen molar-refractivity contribution in [2.45, 2.75) is 27.3 Å². The van der Waals surface area contributed by atoms with Crippen LogP contribution in [0, 0.1) is 20.8 Å². The van der Waals surface area contributed by atoms with Gasteiger partial charge in [-0.2, -0.15) is 0 Å². The molecular formula is C20H21N3O.